The molecule has 0 spiro atoms. The first kappa shape index (κ1) is 16.3. The van der Waals surface area contributed by atoms with Crippen LogP contribution in [0.1, 0.15) is 31.2 Å². The van der Waals surface area contributed by atoms with Crippen LogP contribution in [0, 0.1) is 12.7 Å². The highest BCUT2D eigenvalue weighted by Gasteiger charge is 2.13. The van der Waals surface area contributed by atoms with E-state index in [2.05, 4.69) is 15.3 Å². The third-order valence-electron chi connectivity index (χ3n) is 2.87. The van der Waals surface area contributed by atoms with Gasteiger partial charge in [-0.1, -0.05) is 48.7 Å². The summed E-state index contributed by atoms with van der Waals surface area (Å²) in [7, 11) is 0. The first-order valence-corrected chi connectivity index (χ1v) is 7.38. The van der Waals surface area contributed by atoms with E-state index >= 15 is 0 Å². The molecule has 0 radical (unpaired) electrons. The van der Waals surface area contributed by atoms with Gasteiger partial charge < -0.3 is 5.32 Å². The molecule has 2 rings (SSSR count). The molecule has 0 amide bonds. The highest BCUT2D eigenvalue weighted by atomic mass is 35.5. The normalized spacial score (nSPS) is 11.0. The minimum absolute atomic E-state index is 0.0631. The van der Waals surface area contributed by atoms with Crippen molar-refractivity contribution in [3.63, 3.8) is 0 Å². The molecule has 1 heterocycles. The number of nitrogens with zero attached hydrogens (tertiary/aromatic N) is 2. The van der Waals surface area contributed by atoms with Crippen LogP contribution in [0.2, 0.25) is 15.2 Å². The quantitative estimate of drug-likeness (QED) is 0.567. The maximum Gasteiger partial charge on any atom is 0.160 e. The van der Waals surface area contributed by atoms with E-state index in [9.17, 15) is 4.39 Å². The SMILES string of the molecule is Cc1c(Cl)nc(C(C)C)nc1Nc1cc(Cl)c(F)c(Cl)c1. The first-order valence-electron chi connectivity index (χ1n) is 6.25. The zero-order valence-corrected chi connectivity index (χ0v) is 13.9. The van der Waals surface area contributed by atoms with Crippen LogP contribution in [0.5, 0.6) is 0 Å². The lowest BCUT2D eigenvalue weighted by Crippen LogP contribution is -2.05. The Kier molecular flexibility index (Phi) is 4.91. The van der Waals surface area contributed by atoms with E-state index in [0.717, 1.165) is 0 Å². The molecule has 2 aromatic rings. The molecular formula is C14H13Cl3FN3. The minimum Gasteiger partial charge on any atom is -0.340 e. The van der Waals surface area contributed by atoms with Crippen molar-refractivity contribution in [1.29, 1.82) is 0 Å². The molecule has 0 fully saturated rings. The van der Waals surface area contributed by atoms with E-state index in [1.807, 2.05) is 13.8 Å². The van der Waals surface area contributed by atoms with E-state index in [1.54, 1.807) is 6.92 Å². The fraction of sp³-hybridized carbons (Fsp3) is 0.286. The van der Waals surface area contributed by atoms with Gasteiger partial charge in [-0.15, -0.1) is 0 Å². The van der Waals surface area contributed by atoms with Crippen LogP contribution in [-0.4, -0.2) is 9.97 Å². The zero-order valence-electron chi connectivity index (χ0n) is 11.6. The predicted molar refractivity (Wildman–Crippen MR) is 85.6 cm³/mol. The van der Waals surface area contributed by atoms with Crippen LogP contribution >= 0.6 is 34.8 Å². The average Bonchev–Trinajstić information content (AvgIpc) is 2.40. The molecular weight excluding hydrogens is 336 g/mol. The van der Waals surface area contributed by atoms with Crippen molar-refractivity contribution in [3.05, 3.63) is 44.5 Å². The Labute approximate surface area is 137 Å². The number of aromatic nitrogens is 2. The molecule has 0 aliphatic carbocycles. The summed E-state index contributed by atoms with van der Waals surface area (Å²) >= 11 is 17.7. The van der Waals surface area contributed by atoms with Crippen molar-refractivity contribution in [2.75, 3.05) is 5.32 Å². The van der Waals surface area contributed by atoms with E-state index < -0.39 is 5.82 Å². The monoisotopic (exact) mass is 347 g/mol. The summed E-state index contributed by atoms with van der Waals surface area (Å²) in [5.41, 5.74) is 1.22. The number of rotatable bonds is 3. The molecule has 0 bridgehead atoms. The lowest BCUT2D eigenvalue weighted by atomic mass is 10.2. The lowest BCUT2D eigenvalue weighted by molar-refractivity contribution is 0.629. The largest absolute Gasteiger partial charge is 0.340 e. The fourth-order valence-corrected chi connectivity index (χ4v) is 2.31. The summed E-state index contributed by atoms with van der Waals surface area (Å²) in [6, 6.07) is 2.88. The van der Waals surface area contributed by atoms with Gasteiger partial charge >= 0.3 is 0 Å². The third-order valence-corrected chi connectivity index (χ3v) is 3.78. The predicted octanol–water partition coefficient (Wildman–Crippen LogP) is 5.75. The Balaban J connectivity index is 2.44. The molecule has 112 valence electrons. The lowest BCUT2D eigenvalue weighted by Gasteiger charge is -2.13. The van der Waals surface area contributed by atoms with Gasteiger partial charge in [-0.25, -0.2) is 14.4 Å². The highest BCUT2D eigenvalue weighted by molar-refractivity contribution is 6.35. The summed E-state index contributed by atoms with van der Waals surface area (Å²) in [5.74, 6) is 0.637. The van der Waals surface area contributed by atoms with E-state index in [4.69, 9.17) is 34.8 Å². The van der Waals surface area contributed by atoms with Crippen LogP contribution in [0.4, 0.5) is 15.9 Å². The van der Waals surface area contributed by atoms with Crippen LogP contribution in [0.25, 0.3) is 0 Å². The van der Waals surface area contributed by atoms with Gasteiger partial charge in [0.05, 0.1) is 10.0 Å². The number of benzene rings is 1. The molecule has 7 heteroatoms. The molecule has 0 aliphatic heterocycles. The molecule has 0 saturated carbocycles. The molecule has 0 aliphatic rings. The van der Waals surface area contributed by atoms with Gasteiger partial charge in [-0.3, -0.25) is 0 Å². The van der Waals surface area contributed by atoms with Gasteiger partial charge in [0, 0.05) is 17.2 Å². The van der Waals surface area contributed by atoms with Gasteiger partial charge in [0.25, 0.3) is 0 Å². The second-order valence-electron chi connectivity index (χ2n) is 4.88. The van der Waals surface area contributed by atoms with Gasteiger partial charge in [-0.05, 0) is 19.1 Å². The Bertz CT molecular complexity index is 666. The molecule has 0 atom stereocenters. The van der Waals surface area contributed by atoms with Gasteiger partial charge in [0.1, 0.15) is 16.8 Å². The molecule has 1 N–H and O–H groups in total. The maximum absolute atomic E-state index is 13.4. The Morgan fingerprint density at radius 2 is 1.67 bits per heavy atom. The average molecular weight is 349 g/mol. The van der Waals surface area contributed by atoms with Crippen LogP contribution < -0.4 is 5.32 Å². The van der Waals surface area contributed by atoms with Crippen LogP contribution in [0.3, 0.4) is 0 Å². The third kappa shape index (κ3) is 3.57. The summed E-state index contributed by atoms with van der Waals surface area (Å²) in [5, 5.41) is 3.29. The topological polar surface area (TPSA) is 37.8 Å². The summed E-state index contributed by atoms with van der Waals surface area (Å²) in [4.78, 5) is 8.65. The molecule has 0 saturated heterocycles. The second-order valence-corrected chi connectivity index (χ2v) is 6.05. The smallest absolute Gasteiger partial charge is 0.160 e. The second kappa shape index (κ2) is 6.34. The first-order chi connectivity index (χ1) is 9.79. The van der Waals surface area contributed by atoms with Crippen LogP contribution in [-0.2, 0) is 0 Å². The van der Waals surface area contributed by atoms with E-state index in [-0.39, 0.29) is 16.0 Å². The number of halogens is 4. The summed E-state index contributed by atoms with van der Waals surface area (Å²) in [6.45, 7) is 5.73. The van der Waals surface area contributed by atoms with Crippen molar-refractivity contribution in [2.45, 2.75) is 26.7 Å². The van der Waals surface area contributed by atoms with Crippen molar-refractivity contribution < 1.29 is 4.39 Å². The van der Waals surface area contributed by atoms with Crippen molar-refractivity contribution in [2.24, 2.45) is 0 Å². The Hall–Kier alpha value is -1.10. The highest BCUT2D eigenvalue weighted by Crippen LogP contribution is 2.31. The number of anilines is 2. The van der Waals surface area contributed by atoms with Crippen molar-refractivity contribution in [3.8, 4) is 0 Å². The van der Waals surface area contributed by atoms with Gasteiger partial charge in [0.15, 0.2) is 5.82 Å². The summed E-state index contributed by atoms with van der Waals surface area (Å²) in [6.07, 6.45) is 0. The minimum atomic E-state index is -0.649. The fourth-order valence-electron chi connectivity index (χ4n) is 1.65. The van der Waals surface area contributed by atoms with E-state index in [0.29, 0.717) is 28.0 Å². The Morgan fingerprint density at radius 1 is 1.10 bits per heavy atom. The van der Waals surface area contributed by atoms with Crippen LogP contribution in [0.15, 0.2) is 12.1 Å². The molecule has 1 aromatic carbocycles. The number of hydrogen-bond donors (Lipinski definition) is 1. The Morgan fingerprint density at radius 3 is 2.19 bits per heavy atom. The number of nitrogens with one attached hydrogen (secondary N) is 1. The molecule has 0 unspecified atom stereocenters. The standard InChI is InChI=1S/C14H13Cl3FN3/c1-6(2)13-20-12(17)7(3)14(21-13)19-8-4-9(15)11(18)10(16)5-8/h4-6H,1-3H3,(H,19,20,21). The maximum atomic E-state index is 13.4. The van der Waals surface area contributed by atoms with Crippen molar-refractivity contribution in [1.82, 2.24) is 9.97 Å². The van der Waals surface area contributed by atoms with Crippen molar-refractivity contribution >= 4 is 46.3 Å². The molecule has 21 heavy (non-hydrogen) atoms. The van der Waals surface area contributed by atoms with Gasteiger partial charge in [0.2, 0.25) is 0 Å². The summed E-state index contributed by atoms with van der Waals surface area (Å²) < 4.78 is 13.4. The molecule has 3 nitrogen and oxygen atoms in total. The molecule has 1 aromatic heterocycles. The number of hydrogen-bond acceptors (Lipinski definition) is 3. The van der Waals surface area contributed by atoms with E-state index in [1.165, 1.54) is 12.1 Å². The van der Waals surface area contributed by atoms with Gasteiger partial charge in [-0.2, -0.15) is 0 Å². The zero-order chi connectivity index (χ0) is 15.7.